The molecule has 0 bridgehead atoms. The van der Waals surface area contributed by atoms with E-state index >= 15 is 0 Å². The highest BCUT2D eigenvalue weighted by Crippen LogP contribution is 2.21. The number of nitrogens with zero attached hydrogens (tertiary/aromatic N) is 1. The predicted octanol–water partition coefficient (Wildman–Crippen LogP) is 3.50. The number of rotatable bonds is 4. The van der Waals surface area contributed by atoms with Gasteiger partial charge in [-0.15, -0.1) is 11.3 Å². The zero-order valence-corrected chi connectivity index (χ0v) is 14.0. The molecule has 0 atom stereocenters. The fourth-order valence-corrected chi connectivity index (χ4v) is 3.57. The first-order chi connectivity index (χ1) is 11.1. The van der Waals surface area contributed by atoms with Gasteiger partial charge in [-0.3, -0.25) is 9.59 Å². The second kappa shape index (κ2) is 6.96. The van der Waals surface area contributed by atoms with Crippen LogP contribution in [0.2, 0.25) is 0 Å². The van der Waals surface area contributed by atoms with Crippen LogP contribution in [0.1, 0.15) is 40.1 Å². The lowest BCUT2D eigenvalue weighted by Gasteiger charge is -2.26. The van der Waals surface area contributed by atoms with Crippen LogP contribution in [0, 0.1) is 6.92 Å². The molecule has 1 aliphatic heterocycles. The number of carbonyl (C=O) groups is 2. The summed E-state index contributed by atoms with van der Waals surface area (Å²) in [6.45, 7) is 3.36. The fraction of sp³-hybridized carbons (Fsp3) is 0.333. The molecule has 0 spiro atoms. The van der Waals surface area contributed by atoms with Gasteiger partial charge < -0.3 is 10.2 Å². The molecule has 1 saturated heterocycles. The second-order valence-electron chi connectivity index (χ2n) is 5.76. The number of amides is 2. The molecule has 23 heavy (non-hydrogen) atoms. The van der Waals surface area contributed by atoms with Crippen LogP contribution in [-0.4, -0.2) is 18.4 Å². The molecule has 1 N–H and O–H groups in total. The van der Waals surface area contributed by atoms with E-state index in [1.165, 1.54) is 10.4 Å². The number of benzene rings is 1. The number of anilines is 1. The monoisotopic (exact) mass is 328 g/mol. The average Bonchev–Trinajstić information content (AvgIpc) is 2.98. The molecule has 2 heterocycles. The third kappa shape index (κ3) is 3.62. The van der Waals surface area contributed by atoms with E-state index in [1.54, 1.807) is 28.4 Å². The summed E-state index contributed by atoms with van der Waals surface area (Å²) in [7, 11) is 0. The van der Waals surface area contributed by atoms with E-state index in [9.17, 15) is 9.59 Å². The van der Waals surface area contributed by atoms with E-state index in [4.69, 9.17) is 0 Å². The number of hydrogen-bond acceptors (Lipinski definition) is 3. The molecule has 0 aliphatic carbocycles. The normalized spacial score (nSPS) is 14.8. The molecule has 120 valence electrons. The summed E-state index contributed by atoms with van der Waals surface area (Å²) in [5.41, 5.74) is 2.70. The first-order valence-corrected chi connectivity index (χ1v) is 8.75. The Labute approximate surface area is 140 Å². The Morgan fingerprint density at radius 3 is 2.65 bits per heavy atom. The second-order valence-corrected chi connectivity index (χ2v) is 6.76. The van der Waals surface area contributed by atoms with Gasteiger partial charge in [-0.25, -0.2) is 0 Å². The molecule has 1 aromatic heterocycles. The summed E-state index contributed by atoms with van der Waals surface area (Å²) in [4.78, 5) is 27.1. The number of carbonyl (C=O) groups excluding carboxylic acids is 2. The summed E-state index contributed by atoms with van der Waals surface area (Å²) in [6.07, 6.45) is 2.62. The van der Waals surface area contributed by atoms with Crippen LogP contribution < -0.4 is 10.2 Å². The minimum Gasteiger partial charge on any atom is -0.347 e. The van der Waals surface area contributed by atoms with E-state index in [0.29, 0.717) is 18.5 Å². The van der Waals surface area contributed by atoms with E-state index in [-0.39, 0.29) is 11.8 Å². The van der Waals surface area contributed by atoms with Gasteiger partial charge in [0.2, 0.25) is 5.91 Å². The van der Waals surface area contributed by atoms with Gasteiger partial charge in [-0.1, -0.05) is 0 Å². The molecular weight excluding hydrogens is 308 g/mol. The largest absolute Gasteiger partial charge is 0.347 e. The third-order valence-corrected chi connectivity index (χ3v) is 5.17. The maximum atomic E-state index is 12.2. The Morgan fingerprint density at radius 1 is 1.22 bits per heavy atom. The van der Waals surface area contributed by atoms with Gasteiger partial charge >= 0.3 is 0 Å². The number of nitrogens with one attached hydrogen (secondary N) is 1. The third-order valence-electron chi connectivity index (χ3n) is 4.14. The van der Waals surface area contributed by atoms with Crippen molar-refractivity contribution in [1.29, 1.82) is 0 Å². The summed E-state index contributed by atoms with van der Waals surface area (Å²) in [6, 6.07) is 9.33. The van der Waals surface area contributed by atoms with Crippen molar-refractivity contribution in [2.75, 3.05) is 11.4 Å². The van der Waals surface area contributed by atoms with Gasteiger partial charge in [0.05, 0.1) is 6.54 Å². The van der Waals surface area contributed by atoms with Crippen LogP contribution >= 0.6 is 11.3 Å². The van der Waals surface area contributed by atoms with Crippen LogP contribution in [0.25, 0.3) is 0 Å². The Kier molecular flexibility index (Phi) is 4.76. The van der Waals surface area contributed by atoms with Crippen molar-refractivity contribution in [2.24, 2.45) is 0 Å². The quantitative estimate of drug-likeness (QED) is 0.934. The summed E-state index contributed by atoms with van der Waals surface area (Å²) < 4.78 is 0. The summed E-state index contributed by atoms with van der Waals surface area (Å²) in [5, 5.41) is 4.97. The maximum Gasteiger partial charge on any atom is 0.251 e. The smallest absolute Gasteiger partial charge is 0.251 e. The van der Waals surface area contributed by atoms with Crippen LogP contribution in [-0.2, 0) is 11.3 Å². The van der Waals surface area contributed by atoms with E-state index in [2.05, 4.69) is 11.4 Å². The number of thiophene rings is 1. The van der Waals surface area contributed by atoms with Crippen molar-refractivity contribution < 1.29 is 9.59 Å². The number of hydrogen-bond donors (Lipinski definition) is 1. The minimum atomic E-state index is -0.0886. The van der Waals surface area contributed by atoms with Crippen molar-refractivity contribution in [2.45, 2.75) is 32.7 Å². The molecule has 1 aliphatic rings. The molecule has 3 rings (SSSR count). The molecule has 0 unspecified atom stereocenters. The molecule has 1 fully saturated rings. The molecule has 2 aromatic rings. The van der Waals surface area contributed by atoms with E-state index < -0.39 is 0 Å². The fourth-order valence-electron chi connectivity index (χ4n) is 2.72. The average molecular weight is 328 g/mol. The standard InChI is InChI=1S/C18H20N2O2S/c1-13-9-11-23-16(13)12-19-18(22)14-5-7-15(8-6-14)20-10-3-2-4-17(20)21/h5-9,11H,2-4,10,12H2,1H3,(H,19,22). The van der Waals surface area contributed by atoms with Gasteiger partial charge in [0, 0.05) is 29.1 Å². The molecule has 5 heteroatoms. The van der Waals surface area contributed by atoms with E-state index in [0.717, 1.165) is 25.1 Å². The SMILES string of the molecule is Cc1ccsc1CNC(=O)c1ccc(N2CCCCC2=O)cc1. The zero-order chi connectivity index (χ0) is 16.2. The Morgan fingerprint density at radius 2 is 2.00 bits per heavy atom. The lowest BCUT2D eigenvalue weighted by atomic mass is 10.1. The summed E-state index contributed by atoms with van der Waals surface area (Å²) >= 11 is 1.65. The van der Waals surface area contributed by atoms with Gasteiger partial charge in [0.25, 0.3) is 5.91 Å². The molecule has 1 aromatic carbocycles. The van der Waals surface area contributed by atoms with E-state index in [1.807, 2.05) is 24.4 Å². The van der Waals surface area contributed by atoms with Gasteiger partial charge in [0.1, 0.15) is 0 Å². The maximum absolute atomic E-state index is 12.2. The molecule has 4 nitrogen and oxygen atoms in total. The van der Waals surface area contributed by atoms with Crippen molar-refractivity contribution in [1.82, 2.24) is 5.32 Å². The molecular formula is C18H20N2O2S. The number of aryl methyl sites for hydroxylation is 1. The van der Waals surface area contributed by atoms with Crippen molar-refractivity contribution in [3.8, 4) is 0 Å². The van der Waals surface area contributed by atoms with Gasteiger partial charge in [-0.2, -0.15) is 0 Å². The van der Waals surface area contributed by atoms with Crippen molar-refractivity contribution >= 4 is 28.8 Å². The van der Waals surface area contributed by atoms with Crippen LogP contribution in [0.4, 0.5) is 5.69 Å². The Bertz CT molecular complexity index is 706. The zero-order valence-electron chi connectivity index (χ0n) is 13.2. The van der Waals surface area contributed by atoms with Crippen molar-refractivity contribution in [3.63, 3.8) is 0 Å². The highest BCUT2D eigenvalue weighted by Gasteiger charge is 2.19. The summed E-state index contributed by atoms with van der Waals surface area (Å²) in [5.74, 6) is 0.0796. The lowest BCUT2D eigenvalue weighted by molar-refractivity contribution is -0.119. The first-order valence-electron chi connectivity index (χ1n) is 7.87. The Hall–Kier alpha value is -2.14. The highest BCUT2D eigenvalue weighted by molar-refractivity contribution is 7.10. The Balaban J connectivity index is 1.63. The van der Waals surface area contributed by atoms with Crippen LogP contribution in [0.15, 0.2) is 35.7 Å². The molecule has 2 amide bonds. The van der Waals surface area contributed by atoms with Gasteiger partial charge in [-0.05, 0) is 61.0 Å². The topological polar surface area (TPSA) is 49.4 Å². The lowest BCUT2D eigenvalue weighted by Crippen LogP contribution is -2.35. The van der Waals surface area contributed by atoms with Crippen LogP contribution in [0.3, 0.4) is 0 Å². The first kappa shape index (κ1) is 15.7. The van der Waals surface area contributed by atoms with Crippen molar-refractivity contribution in [3.05, 3.63) is 51.7 Å². The number of piperidine rings is 1. The van der Waals surface area contributed by atoms with Gasteiger partial charge in [0.15, 0.2) is 0 Å². The molecule has 0 radical (unpaired) electrons. The highest BCUT2D eigenvalue weighted by atomic mass is 32.1. The minimum absolute atomic E-state index is 0.0886. The van der Waals surface area contributed by atoms with Crippen LogP contribution in [0.5, 0.6) is 0 Å². The molecule has 0 saturated carbocycles. The predicted molar refractivity (Wildman–Crippen MR) is 92.9 cm³/mol.